The predicted molar refractivity (Wildman–Crippen MR) is 29.8 cm³/mol. The molecule has 0 amide bonds. The van der Waals surface area contributed by atoms with Crippen LogP contribution in [0.5, 0.6) is 0 Å². The van der Waals surface area contributed by atoms with Gasteiger partial charge in [0.15, 0.2) is 0 Å². The molecule has 0 bridgehead atoms. The first-order valence-electron chi connectivity index (χ1n) is 2.38. The van der Waals surface area contributed by atoms with Gasteiger partial charge in [-0.25, -0.2) is 0 Å². The second-order valence-electron chi connectivity index (χ2n) is 1.23. The average Bonchev–Trinajstić information content (AvgIpc) is 1.68. The molecule has 0 aliphatic heterocycles. The fraction of sp³-hybridized carbons (Fsp3) is 1.00. The summed E-state index contributed by atoms with van der Waals surface area (Å²) in [4.78, 5) is 0. The Kier molecular flexibility index (Phi) is 11.5. The first kappa shape index (κ1) is 11.6. The minimum absolute atomic E-state index is 0. The van der Waals surface area contributed by atoms with E-state index in [1.807, 2.05) is 6.92 Å². The van der Waals surface area contributed by atoms with Crippen LogP contribution in [0.1, 0.15) is 8.35 Å². The van der Waals surface area contributed by atoms with Crippen molar-refractivity contribution in [3.8, 4) is 0 Å². The van der Waals surface area contributed by atoms with E-state index in [0.717, 1.165) is 0 Å². The first-order valence-corrected chi connectivity index (χ1v) is 2.38. The summed E-state index contributed by atoms with van der Waals surface area (Å²) in [7, 11) is 0. The molecule has 4 heteroatoms. The molecule has 0 saturated carbocycles. The number of rotatable bonds is 3. The van der Waals surface area contributed by atoms with Crippen LogP contribution in [0.25, 0.3) is 0 Å². The van der Waals surface area contributed by atoms with Gasteiger partial charge >= 0.3 is 29.6 Å². The van der Waals surface area contributed by atoms with Crippen LogP contribution in [-0.4, -0.2) is 19.4 Å². The van der Waals surface area contributed by atoms with E-state index >= 15 is 0 Å². The Balaban J connectivity index is -0.000000180. The Hall–Kier alpha value is 0.880. The zero-order valence-corrected chi connectivity index (χ0v) is 7.55. The second-order valence-corrected chi connectivity index (χ2v) is 1.23. The molecule has 0 aromatic rings. The molecule has 0 radical (unpaired) electrons. The molecule has 0 fully saturated rings. The zero-order chi connectivity index (χ0) is 5.70. The van der Waals surface area contributed by atoms with Crippen molar-refractivity contribution in [2.75, 3.05) is 13.2 Å². The fourth-order valence-electron chi connectivity index (χ4n) is 0.282. The van der Waals surface area contributed by atoms with Crippen LogP contribution in [-0.2, 0) is 4.74 Å². The van der Waals surface area contributed by atoms with Gasteiger partial charge in [0, 0.05) is 13.2 Å². The molecule has 1 unspecified atom stereocenters. The molecular weight excluding hydrogens is 115 g/mol. The second kappa shape index (κ2) is 7.88. The van der Waals surface area contributed by atoms with Gasteiger partial charge in [0.25, 0.3) is 0 Å². The van der Waals surface area contributed by atoms with Gasteiger partial charge in [-0.05, 0) is 6.92 Å². The Labute approximate surface area is 73.5 Å². The Morgan fingerprint density at radius 3 is 2.38 bits per heavy atom. The molecule has 4 N–H and O–H groups in total. The van der Waals surface area contributed by atoms with Gasteiger partial charge in [-0.3, -0.25) is 0 Å². The number of nitrogens with two attached hydrogens (primary N) is 2. The van der Waals surface area contributed by atoms with Crippen LogP contribution in [0, 0.1) is 0 Å². The molecule has 0 aromatic carbocycles. The van der Waals surface area contributed by atoms with Gasteiger partial charge in [0.2, 0.25) is 0 Å². The van der Waals surface area contributed by atoms with E-state index in [9.17, 15) is 0 Å². The van der Waals surface area contributed by atoms with Crippen molar-refractivity contribution >= 4 is 0 Å². The fourth-order valence-corrected chi connectivity index (χ4v) is 0.282. The van der Waals surface area contributed by atoms with Crippen LogP contribution < -0.4 is 41.0 Å². The van der Waals surface area contributed by atoms with Gasteiger partial charge < -0.3 is 17.6 Å². The molecule has 0 saturated heterocycles. The molecule has 0 aromatic heterocycles. The summed E-state index contributed by atoms with van der Waals surface area (Å²) in [5.74, 6) is 0. The van der Waals surface area contributed by atoms with Crippen LogP contribution in [0.15, 0.2) is 0 Å². The van der Waals surface area contributed by atoms with Gasteiger partial charge in [-0.15, -0.1) is 0 Å². The number of ether oxygens (including phenoxy) is 1. The van der Waals surface area contributed by atoms with E-state index < -0.39 is 0 Å². The summed E-state index contributed by atoms with van der Waals surface area (Å²) in [6.45, 7) is 2.92. The number of hydrogen-bond donors (Lipinski definition) is 2. The van der Waals surface area contributed by atoms with Crippen molar-refractivity contribution in [3.63, 3.8) is 0 Å². The molecule has 1 atom stereocenters. The standard InChI is InChI=1S/C4H12N2O.Na.H/c1-2-7-4(6)3-5;;/h4H,2-3,5-6H2,1H3;;/q;+1;-1. The molecular formula is C4H13N2NaO. The zero-order valence-electron chi connectivity index (χ0n) is 6.55. The summed E-state index contributed by atoms with van der Waals surface area (Å²) < 4.78 is 4.84. The summed E-state index contributed by atoms with van der Waals surface area (Å²) in [5.41, 5.74) is 10.3. The predicted octanol–water partition coefficient (Wildman–Crippen LogP) is -3.62. The van der Waals surface area contributed by atoms with E-state index in [-0.39, 0.29) is 37.2 Å². The molecule has 0 rings (SSSR count). The van der Waals surface area contributed by atoms with Gasteiger partial charge in [-0.2, -0.15) is 0 Å². The Morgan fingerprint density at radius 1 is 1.75 bits per heavy atom. The monoisotopic (exact) mass is 128 g/mol. The Morgan fingerprint density at radius 2 is 2.25 bits per heavy atom. The summed E-state index contributed by atoms with van der Waals surface area (Å²) >= 11 is 0. The topological polar surface area (TPSA) is 61.3 Å². The SMILES string of the molecule is CCOC(N)CN.[H-].[Na+]. The van der Waals surface area contributed by atoms with E-state index in [2.05, 4.69) is 0 Å². The maximum atomic E-state index is 5.24. The third-order valence-corrected chi connectivity index (χ3v) is 0.613. The third kappa shape index (κ3) is 6.88. The summed E-state index contributed by atoms with van der Waals surface area (Å²) in [6, 6.07) is 0. The largest absolute Gasteiger partial charge is 1.00 e. The normalized spacial score (nSPS) is 12.4. The molecule has 46 valence electrons. The smallest absolute Gasteiger partial charge is 1.00 e. The Bertz CT molecular complexity index is 49.5. The van der Waals surface area contributed by atoms with Crippen molar-refractivity contribution in [1.29, 1.82) is 0 Å². The van der Waals surface area contributed by atoms with E-state index in [4.69, 9.17) is 16.2 Å². The molecule has 0 spiro atoms. The van der Waals surface area contributed by atoms with Crippen molar-refractivity contribution < 1.29 is 35.7 Å². The van der Waals surface area contributed by atoms with Crippen LogP contribution >= 0.6 is 0 Å². The number of hydrogen-bond acceptors (Lipinski definition) is 3. The first-order chi connectivity index (χ1) is 3.31. The molecule has 8 heavy (non-hydrogen) atoms. The van der Waals surface area contributed by atoms with Crippen LogP contribution in [0.2, 0.25) is 0 Å². The van der Waals surface area contributed by atoms with Gasteiger partial charge in [0.1, 0.15) is 6.23 Å². The third-order valence-electron chi connectivity index (χ3n) is 0.613. The molecule has 0 heterocycles. The van der Waals surface area contributed by atoms with Gasteiger partial charge in [-0.1, -0.05) is 0 Å². The van der Waals surface area contributed by atoms with Gasteiger partial charge in [0.05, 0.1) is 0 Å². The van der Waals surface area contributed by atoms with Crippen molar-refractivity contribution in [3.05, 3.63) is 0 Å². The quantitative estimate of drug-likeness (QED) is 0.305. The molecule has 0 aliphatic rings. The molecule has 0 aliphatic carbocycles. The van der Waals surface area contributed by atoms with Crippen LogP contribution in [0.4, 0.5) is 0 Å². The maximum Gasteiger partial charge on any atom is 1.00 e. The minimum Gasteiger partial charge on any atom is -1.00 e. The maximum absolute atomic E-state index is 5.24. The summed E-state index contributed by atoms with van der Waals surface area (Å²) in [5, 5.41) is 0. The summed E-state index contributed by atoms with van der Waals surface area (Å²) in [6.07, 6.45) is -0.273. The van der Waals surface area contributed by atoms with Crippen molar-refractivity contribution in [1.82, 2.24) is 0 Å². The van der Waals surface area contributed by atoms with E-state index in [0.29, 0.717) is 13.2 Å². The minimum atomic E-state index is -0.273. The van der Waals surface area contributed by atoms with Crippen molar-refractivity contribution in [2.45, 2.75) is 13.2 Å². The van der Waals surface area contributed by atoms with Crippen LogP contribution in [0.3, 0.4) is 0 Å². The van der Waals surface area contributed by atoms with Crippen molar-refractivity contribution in [2.24, 2.45) is 11.5 Å². The average molecular weight is 128 g/mol. The van der Waals surface area contributed by atoms with E-state index in [1.165, 1.54) is 0 Å². The molecule has 3 nitrogen and oxygen atoms in total. The van der Waals surface area contributed by atoms with E-state index in [1.54, 1.807) is 0 Å².